The summed E-state index contributed by atoms with van der Waals surface area (Å²) in [5.74, 6) is -0.311. The lowest BCUT2D eigenvalue weighted by Crippen LogP contribution is -2.40. The monoisotopic (exact) mass is 327 g/mol. The molecule has 0 spiro atoms. The third-order valence-corrected chi connectivity index (χ3v) is 4.29. The van der Waals surface area contributed by atoms with Gasteiger partial charge in [-0.05, 0) is 36.2 Å². The minimum atomic E-state index is -0.272. The molecule has 2 aromatic rings. The van der Waals surface area contributed by atoms with E-state index in [4.69, 9.17) is 0 Å². The maximum absolute atomic E-state index is 13.0. The topological polar surface area (TPSA) is 44.4 Å². The average molecular weight is 327 g/mol. The zero-order valence-electron chi connectivity index (χ0n) is 13.8. The third-order valence-electron chi connectivity index (χ3n) is 4.29. The first-order valence-electron chi connectivity index (χ1n) is 8.22. The van der Waals surface area contributed by atoms with Crippen molar-refractivity contribution >= 4 is 11.6 Å². The number of hydrogen-bond acceptors (Lipinski definition) is 3. The van der Waals surface area contributed by atoms with E-state index in [1.165, 1.54) is 17.7 Å². The molecule has 1 heterocycles. The van der Waals surface area contributed by atoms with Crippen molar-refractivity contribution in [2.24, 2.45) is 0 Å². The lowest BCUT2D eigenvalue weighted by molar-refractivity contribution is -0.120. The fraction of sp³-hybridized carbons (Fsp3) is 0.316. The van der Waals surface area contributed by atoms with Crippen molar-refractivity contribution in [3.05, 3.63) is 65.5 Å². The number of halogens is 1. The van der Waals surface area contributed by atoms with E-state index in [-0.39, 0.29) is 17.8 Å². The van der Waals surface area contributed by atoms with Crippen LogP contribution in [0.3, 0.4) is 0 Å². The van der Waals surface area contributed by atoms with Crippen molar-refractivity contribution in [2.45, 2.75) is 19.5 Å². The Morgan fingerprint density at radius 2 is 2.00 bits per heavy atom. The highest BCUT2D eigenvalue weighted by atomic mass is 19.1. The molecule has 4 nitrogen and oxygen atoms in total. The molecule has 126 valence electrons. The molecule has 24 heavy (non-hydrogen) atoms. The predicted octanol–water partition coefficient (Wildman–Crippen LogP) is 2.61. The number of fused-ring (bicyclic) bond motifs is 1. The Balaban J connectivity index is 1.65. The smallest absolute Gasteiger partial charge is 0.239 e. The highest BCUT2D eigenvalue weighted by molar-refractivity contribution is 5.82. The number of benzene rings is 2. The lowest BCUT2D eigenvalue weighted by atomic mass is 10.1. The van der Waals surface area contributed by atoms with Crippen LogP contribution in [-0.2, 0) is 11.3 Å². The van der Waals surface area contributed by atoms with Gasteiger partial charge in [0, 0.05) is 25.3 Å². The van der Waals surface area contributed by atoms with Crippen LogP contribution in [0.5, 0.6) is 0 Å². The quantitative estimate of drug-likeness (QED) is 0.907. The molecular weight excluding hydrogens is 305 g/mol. The largest absolute Gasteiger partial charge is 0.361 e. The van der Waals surface area contributed by atoms with Crippen molar-refractivity contribution in [3.63, 3.8) is 0 Å². The van der Waals surface area contributed by atoms with Crippen LogP contribution in [0.4, 0.5) is 10.1 Å². The van der Waals surface area contributed by atoms with Crippen LogP contribution in [0.1, 0.15) is 24.1 Å². The molecule has 0 aromatic heterocycles. The van der Waals surface area contributed by atoms with E-state index >= 15 is 0 Å². The summed E-state index contributed by atoms with van der Waals surface area (Å²) in [6.45, 7) is 4.67. The number of amides is 1. The first-order chi connectivity index (χ1) is 11.6. The number of rotatable bonds is 4. The second-order valence-corrected chi connectivity index (χ2v) is 6.07. The molecule has 2 aromatic carbocycles. The molecule has 0 fully saturated rings. The van der Waals surface area contributed by atoms with Gasteiger partial charge in [0.15, 0.2) is 0 Å². The molecule has 1 atom stereocenters. The zero-order valence-corrected chi connectivity index (χ0v) is 13.8. The van der Waals surface area contributed by atoms with Gasteiger partial charge in [-0.1, -0.05) is 30.3 Å². The van der Waals surface area contributed by atoms with E-state index in [0.717, 1.165) is 30.9 Å². The van der Waals surface area contributed by atoms with Gasteiger partial charge >= 0.3 is 0 Å². The van der Waals surface area contributed by atoms with E-state index in [1.807, 2.05) is 19.1 Å². The molecule has 1 unspecified atom stereocenters. The van der Waals surface area contributed by atoms with Crippen molar-refractivity contribution in [1.29, 1.82) is 0 Å². The molecule has 2 N–H and O–H groups in total. The number of nitrogens with one attached hydrogen (secondary N) is 2. The van der Waals surface area contributed by atoms with Gasteiger partial charge in [-0.15, -0.1) is 0 Å². The summed E-state index contributed by atoms with van der Waals surface area (Å²) in [5, 5.41) is 6.36. The van der Waals surface area contributed by atoms with Crippen LogP contribution in [0, 0.1) is 5.82 Å². The van der Waals surface area contributed by atoms with Crippen LogP contribution in [-0.4, -0.2) is 25.5 Å². The Labute approximate surface area is 141 Å². The zero-order chi connectivity index (χ0) is 16.9. The summed E-state index contributed by atoms with van der Waals surface area (Å²) >= 11 is 0. The first-order valence-corrected chi connectivity index (χ1v) is 8.22. The third kappa shape index (κ3) is 3.92. The van der Waals surface area contributed by atoms with Crippen LogP contribution in [0.25, 0.3) is 0 Å². The molecular formula is C19H22FN3O. The molecule has 1 aliphatic rings. The Kier molecular flexibility index (Phi) is 5.11. The summed E-state index contributed by atoms with van der Waals surface area (Å²) < 4.78 is 13.0. The summed E-state index contributed by atoms with van der Waals surface area (Å²) in [5.41, 5.74) is 3.20. The van der Waals surface area contributed by atoms with Crippen LogP contribution < -0.4 is 15.5 Å². The van der Waals surface area contributed by atoms with Crippen molar-refractivity contribution in [2.75, 3.05) is 24.5 Å². The fourth-order valence-electron chi connectivity index (χ4n) is 2.99. The number of anilines is 1. The van der Waals surface area contributed by atoms with Gasteiger partial charge in [0.2, 0.25) is 5.91 Å². The first kappa shape index (κ1) is 16.5. The van der Waals surface area contributed by atoms with Gasteiger partial charge in [-0.3, -0.25) is 4.79 Å². The van der Waals surface area contributed by atoms with Crippen molar-refractivity contribution in [1.82, 2.24) is 10.6 Å². The van der Waals surface area contributed by atoms with Crippen LogP contribution in [0.15, 0.2) is 48.5 Å². The number of carbonyl (C=O) groups is 1. The Hall–Kier alpha value is -2.40. The second-order valence-electron chi connectivity index (χ2n) is 6.07. The molecule has 1 aliphatic heterocycles. The Morgan fingerprint density at radius 3 is 2.79 bits per heavy atom. The Bertz CT molecular complexity index is 702. The van der Waals surface area contributed by atoms with E-state index in [0.29, 0.717) is 6.54 Å². The van der Waals surface area contributed by atoms with Gasteiger partial charge in [0.05, 0.1) is 12.6 Å². The SMILES string of the molecule is CC(NC(=O)CN1CCNCc2ccccc21)c1ccc(F)cc1. The van der Waals surface area contributed by atoms with E-state index in [1.54, 1.807) is 12.1 Å². The van der Waals surface area contributed by atoms with Gasteiger partial charge in [0.1, 0.15) is 5.82 Å². The lowest BCUT2D eigenvalue weighted by Gasteiger charge is -2.25. The van der Waals surface area contributed by atoms with E-state index in [9.17, 15) is 9.18 Å². The highest BCUT2D eigenvalue weighted by Gasteiger charge is 2.18. The van der Waals surface area contributed by atoms with Gasteiger partial charge < -0.3 is 15.5 Å². The summed E-state index contributed by atoms with van der Waals surface area (Å²) in [7, 11) is 0. The molecule has 0 saturated heterocycles. The maximum atomic E-state index is 13.0. The van der Waals surface area contributed by atoms with Gasteiger partial charge in [-0.2, -0.15) is 0 Å². The number of carbonyl (C=O) groups excluding carboxylic acids is 1. The molecule has 5 heteroatoms. The minimum Gasteiger partial charge on any atom is -0.361 e. The number of hydrogen-bond donors (Lipinski definition) is 2. The average Bonchev–Trinajstić information content (AvgIpc) is 2.78. The highest BCUT2D eigenvalue weighted by Crippen LogP contribution is 2.22. The maximum Gasteiger partial charge on any atom is 0.239 e. The minimum absolute atomic E-state index is 0.0384. The molecule has 0 radical (unpaired) electrons. The molecule has 1 amide bonds. The van der Waals surface area contributed by atoms with Crippen molar-refractivity contribution in [3.8, 4) is 0 Å². The molecule has 0 saturated carbocycles. The van der Waals surface area contributed by atoms with E-state index in [2.05, 4.69) is 27.7 Å². The molecule has 3 rings (SSSR count). The predicted molar refractivity (Wildman–Crippen MR) is 93.3 cm³/mol. The van der Waals surface area contributed by atoms with Crippen LogP contribution in [0.2, 0.25) is 0 Å². The fourth-order valence-corrected chi connectivity index (χ4v) is 2.99. The standard InChI is InChI=1S/C19H22FN3O/c1-14(15-6-8-17(20)9-7-15)22-19(24)13-23-11-10-21-12-16-4-2-3-5-18(16)23/h2-9,14,21H,10-13H2,1H3,(H,22,24). The van der Waals surface area contributed by atoms with Crippen LogP contribution >= 0.6 is 0 Å². The second kappa shape index (κ2) is 7.45. The van der Waals surface area contributed by atoms with Gasteiger partial charge in [-0.25, -0.2) is 4.39 Å². The van der Waals surface area contributed by atoms with E-state index < -0.39 is 0 Å². The number of para-hydroxylation sites is 1. The summed E-state index contributed by atoms with van der Waals surface area (Å²) in [4.78, 5) is 14.5. The van der Waals surface area contributed by atoms with Gasteiger partial charge in [0.25, 0.3) is 0 Å². The van der Waals surface area contributed by atoms with Crippen molar-refractivity contribution < 1.29 is 9.18 Å². The molecule has 0 bridgehead atoms. The molecule has 0 aliphatic carbocycles. The summed E-state index contributed by atoms with van der Waals surface area (Å²) in [6.07, 6.45) is 0. The number of nitrogens with zero attached hydrogens (tertiary/aromatic N) is 1. The normalized spacial score (nSPS) is 15.3. The summed E-state index contributed by atoms with van der Waals surface area (Å²) in [6, 6.07) is 14.2. The Morgan fingerprint density at radius 1 is 1.25 bits per heavy atom.